The molecule has 0 saturated heterocycles. The molecule has 0 radical (unpaired) electrons. The van der Waals surface area contributed by atoms with Crippen LogP contribution in [0.2, 0.25) is 0 Å². The van der Waals surface area contributed by atoms with Gasteiger partial charge in [-0.3, -0.25) is 5.43 Å². The van der Waals surface area contributed by atoms with Crippen molar-refractivity contribution in [3.8, 4) is 0 Å². The number of aromatic nitrogens is 2. The second kappa shape index (κ2) is 5.31. The van der Waals surface area contributed by atoms with Gasteiger partial charge in [0.05, 0.1) is 29.7 Å². The minimum atomic E-state index is -0.424. The number of carbonyl (C=O) groups excluding carboxylic acids is 1. The van der Waals surface area contributed by atoms with Crippen molar-refractivity contribution < 1.29 is 9.53 Å². The molecule has 2 aromatic rings. The standard InChI is InChI=1S/C12H14N4O2/c1-3-18-12(17)8(2)15-16-9-4-5-10-11(6-9)14-7-13-10/h4-7,16H,3H2,1-2H3,(H,13,14)/b15-8-. The van der Waals surface area contributed by atoms with Crippen LogP contribution in [-0.4, -0.2) is 28.3 Å². The Balaban J connectivity index is 2.09. The van der Waals surface area contributed by atoms with Crippen molar-refractivity contribution in [3.63, 3.8) is 0 Å². The third-order valence-corrected chi connectivity index (χ3v) is 2.34. The number of imidazole rings is 1. The van der Waals surface area contributed by atoms with E-state index >= 15 is 0 Å². The Morgan fingerprint density at radius 3 is 3.17 bits per heavy atom. The van der Waals surface area contributed by atoms with Crippen molar-refractivity contribution >= 4 is 28.4 Å². The molecule has 6 heteroatoms. The van der Waals surface area contributed by atoms with E-state index in [-0.39, 0.29) is 5.71 Å². The zero-order valence-electron chi connectivity index (χ0n) is 10.2. The Morgan fingerprint density at radius 1 is 1.56 bits per heavy atom. The van der Waals surface area contributed by atoms with Crippen LogP contribution in [0.4, 0.5) is 5.69 Å². The Labute approximate surface area is 104 Å². The van der Waals surface area contributed by atoms with E-state index in [9.17, 15) is 4.79 Å². The maximum absolute atomic E-state index is 11.3. The molecule has 94 valence electrons. The highest BCUT2D eigenvalue weighted by Gasteiger charge is 2.06. The lowest BCUT2D eigenvalue weighted by atomic mass is 10.3. The highest BCUT2D eigenvalue weighted by Crippen LogP contribution is 2.15. The molecule has 18 heavy (non-hydrogen) atoms. The lowest BCUT2D eigenvalue weighted by Gasteiger charge is -2.03. The van der Waals surface area contributed by atoms with Crippen LogP contribution in [0.1, 0.15) is 13.8 Å². The van der Waals surface area contributed by atoms with E-state index in [1.807, 2.05) is 18.2 Å². The summed E-state index contributed by atoms with van der Waals surface area (Å²) in [5.41, 5.74) is 5.65. The maximum atomic E-state index is 11.3. The number of hydrazone groups is 1. The van der Waals surface area contributed by atoms with E-state index < -0.39 is 5.97 Å². The highest BCUT2D eigenvalue weighted by molar-refractivity contribution is 6.35. The van der Waals surface area contributed by atoms with Gasteiger partial charge in [-0.2, -0.15) is 5.10 Å². The van der Waals surface area contributed by atoms with Crippen molar-refractivity contribution in [2.75, 3.05) is 12.0 Å². The predicted molar refractivity (Wildman–Crippen MR) is 69.5 cm³/mol. The summed E-state index contributed by atoms with van der Waals surface area (Å²) in [6.07, 6.45) is 1.63. The van der Waals surface area contributed by atoms with E-state index in [0.29, 0.717) is 6.61 Å². The number of fused-ring (bicyclic) bond motifs is 1. The predicted octanol–water partition coefficient (Wildman–Crippen LogP) is 1.91. The summed E-state index contributed by atoms with van der Waals surface area (Å²) >= 11 is 0. The average Bonchev–Trinajstić information content (AvgIpc) is 2.83. The van der Waals surface area contributed by atoms with Crippen LogP contribution in [0.5, 0.6) is 0 Å². The van der Waals surface area contributed by atoms with E-state index in [1.165, 1.54) is 0 Å². The summed E-state index contributed by atoms with van der Waals surface area (Å²) in [5, 5.41) is 3.96. The third-order valence-electron chi connectivity index (χ3n) is 2.34. The first-order chi connectivity index (χ1) is 8.70. The molecule has 0 atom stereocenters. The number of nitrogens with zero attached hydrogens (tertiary/aromatic N) is 2. The minimum Gasteiger partial charge on any atom is -0.461 e. The Bertz CT molecular complexity index is 589. The molecule has 0 amide bonds. The van der Waals surface area contributed by atoms with Crippen molar-refractivity contribution in [3.05, 3.63) is 24.5 Å². The maximum Gasteiger partial charge on any atom is 0.354 e. The Morgan fingerprint density at radius 2 is 2.39 bits per heavy atom. The first-order valence-electron chi connectivity index (χ1n) is 5.61. The highest BCUT2D eigenvalue weighted by atomic mass is 16.5. The number of aromatic amines is 1. The molecular formula is C12H14N4O2. The number of ether oxygens (including phenoxy) is 1. The number of benzene rings is 1. The van der Waals surface area contributed by atoms with E-state index in [0.717, 1.165) is 16.7 Å². The van der Waals surface area contributed by atoms with Crippen LogP contribution in [0.25, 0.3) is 11.0 Å². The second-order valence-corrected chi connectivity index (χ2v) is 3.66. The van der Waals surface area contributed by atoms with Gasteiger partial charge in [0.2, 0.25) is 0 Å². The summed E-state index contributed by atoms with van der Waals surface area (Å²) in [7, 11) is 0. The van der Waals surface area contributed by atoms with Gasteiger partial charge in [0.15, 0.2) is 0 Å². The number of nitrogens with one attached hydrogen (secondary N) is 2. The molecule has 0 spiro atoms. The zero-order valence-corrected chi connectivity index (χ0v) is 10.2. The molecule has 1 aromatic heterocycles. The summed E-state index contributed by atoms with van der Waals surface area (Å²) in [6, 6.07) is 5.57. The van der Waals surface area contributed by atoms with Crippen LogP contribution in [0.3, 0.4) is 0 Å². The van der Waals surface area contributed by atoms with Crippen molar-refractivity contribution in [1.29, 1.82) is 0 Å². The number of anilines is 1. The lowest BCUT2D eigenvalue weighted by molar-refractivity contribution is -0.135. The fourth-order valence-corrected chi connectivity index (χ4v) is 1.43. The molecule has 0 aliphatic heterocycles. The smallest absolute Gasteiger partial charge is 0.354 e. The van der Waals surface area contributed by atoms with Crippen molar-refractivity contribution in [2.45, 2.75) is 13.8 Å². The van der Waals surface area contributed by atoms with Crippen molar-refractivity contribution in [1.82, 2.24) is 9.97 Å². The number of rotatable bonds is 4. The van der Waals surface area contributed by atoms with E-state index in [2.05, 4.69) is 20.5 Å². The molecule has 0 aliphatic rings. The number of carbonyl (C=O) groups is 1. The SMILES string of the molecule is CCOC(=O)/C(C)=N\Nc1ccc2nc[nH]c2c1. The van der Waals surface area contributed by atoms with Gasteiger partial charge in [-0.25, -0.2) is 9.78 Å². The number of esters is 1. The van der Waals surface area contributed by atoms with Gasteiger partial charge >= 0.3 is 5.97 Å². The van der Waals surface area contributed by atoms with E-state index in [4.69, 9.17) is 4.74 Å². The van der Waals surface area contributed by atoms with Gasteiger partial charge in [0.25, 0.3) is 0 Å². The van der Waals surface area contributed by atoms with Crippen LogP contribution in [0.15, 0.2) is 29.6 Å². The van der Waals surface area contributed by atoms with Gasteiger partial charge in [0, 0.05) is 0 Å². The van der Waals surface area contributed by atoms with Gasteiger partial charge in [0.1, 0.15) is 5.71 Å². The number of H-pyrrole nitrogens is 1. The van der Waals surface area contributed by atoms with Crippen LogP contribution in [0, 0.1) is 0 Å². The molecule has 0 saturated carbocycles. The van der Waals surface area contributed by atoms with E-state index in [1.54, 1.807) is 20.2 Å². The number of hydrogen-bond acceptors (Lipinski definition) is 5. The topological polar surface area (TPSA) is 79.4 Å². The summed E-state index contributed by atoms with van der Waals surface area (Å²) in [5.74, 6) is -0.424. The molecule has 1 aromatic carbocycles. The summed E-state index contributed by atoms with van der Waals surface area (Å²) < 4.78 is 4.82. The molecule has 6 nitrogen and oxygen atoms in total. The van der Waals surface area contributed by atoms with Crippen LogP contribution >= 0.6 is 0 Å². The average molecular weight is 246 g/mol. The first-order valence-corrected chi connectivity index (χ1v) is 5.61. The molecule has 0 unspecified atom stereocenters. The Kier molecular flexibility index (Phi) is 3.57. The van der Waals surface area contributed by atoms with Gasteiger partial charge in [-0.05, 0) is 32.0 Å². The van der Waals surface area contributed by atoms with Crippen LogP contribution < -0.4 is 5.43 Å². The fraction of sp³-hybridized carbons (Fsp3) is 0.250. The molecule has 2 N–H and O–H groups in total. The fourth-order valence-electron chi connectivity index (χ4n) is 1.43. The normalized spacial score (nSPS) is 11.6. The quantitative estimate of drug-likeness (QED) is 0.490. The molecule has 0 bridgehead atoms. The summed E-state index contributed by atoms with van der Waals surface area (Å²) in [6.45, 7) is 3.69. The minimum absolute atomic E-state index is 0.279. The van der Waals surface area contributed by atoms with Gasteiger partial charge < -0.3 is 9.72 Å². The Hall–Kier alpha value is -2.37. The lowest BCUT2D eigenvalue weighted by Crippen LogP contribution is -2.15. The third kappa shape index (κ3) is 2.65. The van der Waals surface area contributed by atoms with Gasteiger partial charge in [-0.15, -0.1) is 0 Å². The zero-order chi connectivity index (χ0) is 13.0. The molecule has 0 fully saturated rings. The number of hydrogen-bond donors (Lipinski definition) is 2. The summed E-state index contributed by atoms with van der Waals surface area (Å²) in [4.78, 5) is 18.4. The monoisotopic (exact) mass is 246 g/mol. The molecule has 1 heterocycles. The van der Waals surface area contributed by atoms with Gasteiger partial charge in [-0.1, -0.05) is 0 Å². The second-order valence-electron chi connectivity index (χ2n) is 3.66. The first kappa shape index (κ1) is 12.1. The molecular weight excluding hydrogens is 232 g/mol. The molecule has 2 rings (SSSR count). The van der Waals surface area contributed by atoms with Crippen LogP contribution in [-0.2, 0) is 9.53 Å². The molecule has 0 aliphatic carbocycles. The van der Waals surface area contributed by atoms with Crippen molar-refractivity contribution in [2.24, 2.45) is 5.10 Å². The largest absolute Gasteiger partial charge is 0.461 e.